The van der Waals surface area contributed by atoms with E-state index < -0.39 is 0 Å². The van der Waals surface area contributed by atoms with E-state index in [0.29, 0.717) is 0 Å². The molecular weight excluding hydrogens is 258 g/mol. The van der Waals surface area contributed by atoms with E-state index in [1.807, 2.05) is 42.6 Å². The fourth-order valence-electron chi connectivity index (χ4n) is 1.97. The summed E-state index contributed by atoms with van der Waals surface area (Å²) in [4.78, 5) is 4.43. The maximum absolute atomic E-state index is 4.59. The van der Waals surface area contributed by atoms with Crippen LogP contribution in [0.4, 0.5) is 0 Å². The lowest BCUT2D eigenvalue weighted by Gasteiger charge is -2.13. The second-order valence-corrected chi connectivity index (χ2v) is 6.04. The fourth-order valence-corrected chi connectivity index (χ4v) is 1.97. The zero-order valence-corrected chi connectivity index (χ0v) is 12.5. The molecule has 21 heavy (non-hydrogen) atoms. The number of nitrogens with zero attached hydrogens (tertiary/aromatic N) is 3. The van der Waals surface area contributed by atoms with E-state index >= 15 is 0 Å². The molecular formula is C18H17N3. The molecule has 0 aliphatic heterocycles. The normalized spacial score (nSPS) is 11.2. The summed E-state index contributed by atoms with van der Waals surface area (Å²) in [7, 11) is 0. The van der Waals surface area contributed by atoms with Crippen molar-refractivity contribution in [2.45, 2.75) is 26.2 Å². The minimum Gasteiger partial charge on any atom is -0.236 e. The van der Waals surface area contributed by atoms with Gasteiger partial charge in [0.25, 0.3) is 0 Å². The fraction of sp³-hybridized carbons (Fsp3) is 0.222. The first kappa shape index (κ1) is 13.4. The summed E-state index contributed by atoms with van der Waals surface area (Å²) in [6.45, 7) is 6.43. The lowest BCUT2D eigenvalue weighted by molar-refractivity contribution is 0.562. The van der Waals surface area contributed by atoms with E-state index in [1.54, 1.807) is 10.7 Å². The molecule has 0 fully saturated rings. The molecule has 3 rings (SSSR count). The predicted octanol–water partition coefficient (Wildman–Crippen LogP) is 3.43. The van der Waals surface area contributed by atoms with Gasteiger partial charge in [0.15, 0.2) is 5.65 Å². The minimum atomic E-state index is 0.0174. The summed E-state index contributed by atoms with van der Waals surface area (Å²) in [6, 6.07) is 11.9. The van der Waals surface area contributed by atoms with Crippen molar-refractivity contribution in [3.05, 3.63) is 65.6 Å². The van der Waals surface area contributed by atoms with E-state index in [2.05, 4.69) is 42.7 Å². The summed E-state index contributed by atoms with van der Waals surface area (Å²) < 4.78 is 1.80. The third-order valence-corrected chi connectivity index (χ3v) is 3.21. The summed E-state index contributed by atoms with van der Waals surface area (Å²) in [6.07, 6.45) is 3.72. The van der Waals surface area contributed by atoms with Crippen LogP contribution in [-0.4, -0.2) is 14.6 Å². The van der Waals surface area contributed by atoms with Crippen LogP contribution in [0.25, 0.3) is 5.65 Å². The maximum Gasteiger partial charge on any atom is 0.155 e. The molecule has 0 saturated heterocycles. The molecule has 1 aromatic carbocycles. The zero-order valence-electron chi connectivity index (χ0n) is 12.5. The van der Waals surface area contributed by atoms with E-state index in [0.717, 1.165) is 22.5 Å². The SMILES string of the molecule is CC(C)(C)c1cc2ncc(C#Cc3ccccc3)cn2n1. The maximum atomic E-state index is 4.59. The topological polar surface area (TPSA) is 30.2 Å². The van der Waals surface area contributed by atoms with Gasteiger partial charge in [-0.05, 0) is 12.1 Å². The third kappa shape index (κ3) is 2.95. The Morgan fingerprint density at radius 3 is 2.43 bits per heavy atom. The largest absolute Gasteiger partial charge is 0.236 e. The molecule has 0 spiro atoms. The Balaban J connectivity index is 1.97. The molecule has 0 bridgehead atoms. The number of benzene rings is 1. The van der Waals surface area contributed by atoms with Crippen molar-refractivity contribution in [3.63, 3.8) is 0 Å². The Morgan fingerprint density at radius 1 is 1.00 bits per heavy atom. The average molecular weight is 275 g/mol. The Labute approximate surface area is 124 Å². The molecule has 104 valence electrons. The molecule has 0 saturated carbocycles. The van der Waals surface area contributed by atoms with Crippen LogP contribution in [0, 0.1) is 11.8 Å². The van der Waals surface area contributed by atoms with Gasteiger partial charge in [-0.25, -0.2) is 9.50 Å². The van der Waals surface area contributed by atoms with Crippen molar-refractivity contribution in [1.29, 1.82) is 0 Å². The first-order valence-electron chi connectivity index (χ1n) is 6.95. The molecule has 0 aliphatic carbocycles. The van der Waals surface area contributed by atoms with Crippen LogP contribution in [0.15, 0.2) is 48.8 Å². The Kier molecular flexibility index (Phi) is 3.23. The van der Waals surface area contributed by atoms with E-state index in [9.17, 15) is 0 Å². The highest BCUT2D eigenvalue weighted by atomic mass is 15.2. The van der Waals surface area contributed by atoms with Crippen LogP contribution < -0.4 is 0 Å². The van der Waals surface area contributed by atoms with Crippen molar-refractivity contribution < 1.29 is 0 Å². The van der Waals surface area contributed by atoms with Crippen LogP contribution >= 0.6 is 0 Å². The van der Waals surface area contributed by atoms with Gasteiger partial charge in [-0.15, -0.1) is 0 Å². The lowest BCUT2D eigenvalue weighted by atomic mass is 9.93. The van der Waals surface area contributed by atoms with Gasteiger partial charge in [-0.3, -0.25) is 0 Å². The monoisotopic (exact) mass is 275 g/mol. The molecule has 0 N–H and O–H groups in total. The van der Waals surface area contributed by atoms with Crippen molar-refractivity contribution in [2.24, 2.45) is 0 Å². The van der Waals surface area contributed by atoms with Gasteiger partial charge in [-0.2, -0.15) is 5.10 Å². The van der Waals surface area contributed by atoms with Gasteiger partial charge in [0.05, 0.1) is 11.3 Å². The van der Waals surface area contributed by atoms with E-state index in [1.165, 1.54) is 0 Å². The molecule has 0 radical (unpaired) electrons. The van der Waals surface area contributed by atoms with Crippen molar-refractivity contribution in [3.8, 4) is 11.8 Å². The van der Waals surface area contributed by atoms with Gasteiger partial charge in [-0.1, -0.05) is 50.8 Å². The van der Waals surface area contributed by atoms with Crippen molar-refractivity contribution in [2.75, 3.05) is 0 Å². The molecule has 0 unspecified atom stereocenters. The number of aromatic nitrogens is 3. The molecule has 0 amide bonds. The van der Waals surface area contributed by atoms with Gasteiger partial charge in [0, 0.05) is 29.4 Å². The highest BCUT2D eigenvalue weighted by molar-refractivity contribution is 5.46. The smallest absolute Gasteiger partial charge is 0.155 e. The first-order valence-corrected chi connectivity index (χ1v) is 6.95. The van der Waals surface area contributed by atoms with Crippen LogP contribution in [0.1, 0.15) is 37.6 Å². The molecule has 2 heterocycles. The number of hydrogen-bond donors (Lipinski definition) is 0. The zero-order chi connectivity index (χ0) is 14.9. The number of rotatable bonds is 0. The minimum absolute atomic E-state index is 0.0174. The first-order chi connectivity index (χ1) is 10.0. The van der Waals surface area contributed by atoms with Crippen molar-refractivity contribution >= 4 is 5.65 Å². The van der Waals surface area contributed by atoms with E-state index in [4.69, 9.17) is 0 Å². The van der Waals surface area contributed by atoms with Crippen LogP contribution in [-0.2, 0) is 5.41 Å². The summed E-state index contributed by atoms with van der Waals surface area (Å²) >= 11 is 0. The summed E-state index contributed by atoms with van der Waals surface area (Å²) in [5.41, 5.74) is 3.75. The van der Waals surface area contributed by atoms with Crippen LogP contribution in [0.5, 0.6) is 0 Å². The molecule has 0 aliphatic rings. The highest BCUT2D eigenvalue weighted by Crippen LogP contribution is 2.21. The average Bonchev–Trinajstić information content (AvgIpc) is 2.89. The van der Waals surface area contributed by atoms with Crippen LogP contribution in [0.3, 0.4) is 0 Å². The van der Waals surface area contributed by atoms with Crippen LogP contribution in [0.2, 0.25) is 0 Å². The quantitative estimate of drug-likeness (QED) is 0.588. The number of hydrogen-bond acceptors (Lipinski definition) is 2. The molecule has 3 heteroatoms. The highest BCUT2D eigenvalue weighted by Gasteiger charge is 2.17. The second kappa shape index (κ2) is 5.06. The molecule has 3 aromatic rings. The van der Waals surface area contributed by atoms with Gasteiger partial charge in [0.1, 0.15) is 0 Å². The molecule has 2 aromatic heterocycles. The third-order valence-electron chi connectivity index (χ3n) is 3.21. The summed E-state index contributed by atoms with van der Waals surface area (Å²) in [5.74, 6) is 6.26. The standard InChI is InChI=1S/C18H17N3/c1-18(2,3)16-11-17-19-12-15(13-21(17)20-16)10-9-14-7-5-4-6-8-14/h4-8,11-13H,1-3H3. The Bertz CT molecular complexity index is 828. The Hall–Kier alpha value is -2.60. The Morgan fingerprint density at radius 2 is 1.71 bits per heavy atom. The summed E-state index contributed by atoms with van der Waals surface area (Å²) in [5, 5.41) is 4.59. The van der Waals surface area contributed by atoms with Gasteiger partial charge >= 0.3 is 0 Å². The molecule has 3 nitrogen and oxygen atoms in total. The van der Waals surface area contributed by atoms with Gasteiger partial charge in [0.2, 0.25) is 0 Å². The van der Waals surface area contributed by atoms with Gasteiger partial charge < -0.3 is 0 Å². The predicted molar refractivity (Wildman–Crippen MR) is 84.1 cm³/mol. The second-order valence-electron chi connectivity index (χ2n) is 6.04. The molecule has 0 atom stereocenters. The number of fused-ring (bicyclic) bond motifs is 1. The lowest BCUT2D eigenvalue weighted by Crippen LogP contribution is -2.11. The van der Waals surface area contributed by atoms with Crippen molar-refractivity contribution in [1.82, 2.24) is 14.6 Å². The van der Waals surface area contributed by atoms with E-state index in [-0.39, 0.29) is 5.41 Å².